The minimum absolute atomic E-state index is 0.00396. The van der Waals surface area contributed by atoms with Crippen LogP contribution in [0.1, 0.15) is 41.8 Å². The van der Waals surface area contributed by atoms with Crippen LogP contribution in [-0.4, -0.2) is 23.0 Å². The molecule has 12 heteroatoms. The third kappa shape index (κ3) is 7.28. The summed E-state index contributed by atoms with van der Waals surface area (Å²) in [7, 11) is 0. The number of rotatable bonds is 6. The molecule has 0 aliphatic heterocycles. The van der Waals surface area contributed by atoms with E-state index in [9.17, 15) is 41.0 Å². The number of amides is 2. The van der Waals surface area contributed by atoms with Crippen LogP contribution < -0.4 is 10.6 Å². The Morgan fingerprint density at radius 3 is 2.00 bits per heavy atom. The van der Waals surface area contributed by atoms with Gasteiger partial charge in [-0.3, -0.25) is 9.59 Å². The van der Waals surface area contributed by atoms with Crippen molar-refractivity contribution >= 4 is 29.1 Å². The molecule has 0 aliphatic rings. The predicted octanol–water partition coefficient (Wildman–Crippen LogP) is 5.87. The van der Waals surface area contributed by atoms with Gasteiger partial charge >= 0.3 is 12.4 Å². The molecular weight excluding hydrogens is 478 g/mol. The van der Waals surface area contributed by atoms with Crippen molar-refractivity contribution in [3.05, 3.63) is 58.1 Å². The molecular formula is C21H19ClF6N2O3. The van der Waals surface area contributed by atoms with Gasteiger partial charge in [-0.25, -0.2) is 0 Å². The Morgan fingerprint density at radius 2 is 1.52 bits per heavy atom. The van der Waals surface area contributed by atoms with E-state index in [1.165, 1.54) is 6.07 Å². The van der Waals surface area contributed by atoms with Crippen molar-refractivity contribution in [1.82, 2.24) is 5.32 Å². The van der Waals surface area contributed by atoms with E-state index in [-0.39, 0.29) is 29.0 Å². The highest BCUT2D eigenvalue weighted by molar-refractivity contribution is 6.31. The van der Waals surface area contributed by atoms with E-state index in [4.69, 9.17) is 11.6 Å². The number of carbonyl (C=O) groups is 2. The van der Waals surface area contributed by atoms with Crippen molar-refractivity contribution in [3.63, 3.8) is 0 Å². The molecule has 33 heavy (non-hydrogen) atoms. The number of nitrogens with one attached hydrogen (secondary N) is 2. The molecule has 2 aromatic carbocycles. The van der Waals surface area contributed by atoms with Crippen LogP contribution in [0.4, 0.5) is 32.0 Å². The molecule has 0 radical (unpaired) electrons. The quantitative estimate of drug-likeness (QED) is 0.438. The smallest absolute Gasteiger partial charge is 0.416 e. The second kappa shape index (κ2) is 9.90. The fourth-order valence-electron chi connectivity index (χ4n) is 2.89. The van der Waals surface area contributed by atoms with Crippen LogP contribution in [0.15, 0.2) is 36.4 Å². The summed E-state index contributed by atoms with van der Waals surface area (Å²) in [5.74, 6) is -2.57. The molecule has 2 aromatic rings. The molecule has 0 heterocycles. The van der Waals surface area contributed by atoms with Gasteiger partial charge in [0.15, 0.2) is 0 Å². The normalized spacial score (nSPS) is 13.0. The maximum Gasteiger partial charge on any atom is 0.416 e. The van der Waals surface area contributed by atoms with Crippen LogP contribution in [0.25, 0.3) is 0 Å². The third-order valence-electron chi connectivity index (χ3n) is 4.39. The second-order valence-corrected chi connectivity index (χ2v) is 8.04. The van der Waals surface area contributed by atoms with Crippen LogP contribution in [0.3, 0.4) is 0 Å². The molecule has 0 fully saturated rings. The van der Waals surface area contributed by atoms with E-state index in [1.807, 2.05) is 5.32 Å². The minimum atomic E-state index is -5.09. The SMILES string of the molecule is CC(C)CC(NC(=O)c1cc(Cl)ccc1O)C(=O)Nc1cc(C(F)(F)F)cc(C(F)(F)F)c1. The molecule has 1 unspecified atom stereocenters. The summed E-state index contributed by atoms with van der Waals surface area (Å²) in [6.07, 6.45) is -10.2. The number of phenols is 1. The number of aromatic hydroxyl groups is 1. The first-order chi connectivity index (χ1) is 15.1. The Bertz CT molecular complexity index is 1010. The summed E-state index contributed by atoms with van der Waals surface area (Å²) in [6, 6.07) is 2.94. The van der Waals surface area contributed by atoms with E-state index in [2.05, 4.69) is 5.32 Å². The van der Waals surface area contributed by atoms with E-state index < -0.39 is 52.8 Å². The predicted molar refractivity (Wildman–Crippen MR) is 109 cm³/mol. The number of hydrogen-bond donors (Lipinski definition) is 3. The van der Waals surface area contributed by atoms with Crippen molar-refractivity contribution in [3.8, 4) is 5.75 Å². The number of carbonyl (C=O) groups excluding carboxylic acids is 2. The van der Waals surface area contributed by atoms with Gasteiger partial charge in [-0.1, -0.05) is 25.4 Å². The summed E-state index contributed by atoms with van der Waals surface area (Å²) in [5.41, 5.74) is -4.19. The van der Waals surface area contributed by atoms with Crippen molar-refractivity contribution in [2.75, 3.05) is 5.32 Å². The van der Waals surface area contributed by atoms with Crippen molar-refractivity contribution < 1.29 is 41.0 Å². The Hall–Kier alpha value is -2.95. The first-order valence-electron chi connectivity index (χ1n) is 9.47. The number of halogens is 7. The van der Waals surface area contributed by atoms with Gasteiger partial charge in [0, 0.05) is 10.7 Å². The first kappa shape index (κ1) is 26.3. The van der Waals surface area contributed by atoms with E-state index >= 15 is 0 Å². The lowest BCUT2D eigenvalue weighted by molar-refractivity contribution is -0.143. The zero-order valence-electron chi connectivity index (χ0n) is 17.2. The molecule has 2 amide bonds. The fraction of sp³-hybridized carbons (Fsp3) is 0.333. The molecule has 0 aliphatic carbocycles. The van der Waals surface area contributed by atoms with Gasteiger partial charge in [-0.2, -0.15) is 26.3 Å². The van der Waals surface area contributed by atoms with Crippen LogP contribution >= 0.6 is 11.6 Å². The van der Waals surface area contributed by atoms with Crippen LogP contribution in [0.5, 0.6) is 5.75 Å². The van der Waals surface area contributed by atoms with Gasteiger partial charge < -0.3 is 15.7 Å². The van der Waals surface area contributed by atoms with Gasteiger partial charge in [0.1, 0.15) is 11.8 Å². The highest BCUT2D eigenvalue weighted by Gasteiger charge is 2.37. The van der Waals surface area contributed by atoms with Gasteiger partial charge in [-0.15, -0.1) is 0 Å². The van der Waals surface area contributed by atoms with Crippen LogP contribution in [0.2, 0.25) is 5.02 Å². The lowest BCUT2D eigenvalue weighted by atomic mass is 10.0. The zero-order chi connectivity index (χ0) is 25.1. The van der Waals surface area contributed by atoms with Gasteiger partial charge in [0.2, 0.25) is 5.91 Å². The number of phenolic OH excluding ortho intramolecular Hbond substituents is 1. The summed E-state index contributed by atoms with van der Waals surface area (Å²) in [6.45, 7) is 3.38. The topological polar surface area (TPSA) is 78.4 Å². The zero-order valence-corrected chi connectivity index (χ0v) is 18.0. The van der Waals surface area contributed by atoms with E-state index in [1.54, 1.807) is 13.8 Å². The maximum atomic E-state index is 13.1. The molecule has 180 valence electrons. The highest BCUT2D eigenvalue weighted by atomic mass is 35.5. The Labute approximate surface area is 189 Å². The standard InChI is InChI=1S/C21H19ClF6N2O3/c1-10(2)5-16(30-18(32)15-9-13(22)3-4-17(15)31)19(33)29-14-7-11(20(23,24)25)6-12(8-14)21(26,27)28/h3-4,6-10,16,31H,5H2,1-2H3,(H,29,33)(H,30,32). The fourth-order valence-corrected chi connectivity index (χ4v) is 3.06. The molecule has 2 rings (SSSR count). The number of alkyl halides is 6. The summed E-state index contributed by atoms with van der Waals surface area (Å²) < 4.78 is 78.4. The minimum Gasteiger partial charge on any atom is -0.507 e. The van der Waals surface area contributed by atoms with Gasteiger partial charge in [0.25, 0.3) is 5.91 Å². The molecule has 0 aromatic heterocycles. The Morgan fingerprint density at radius 1 is 0.970 bits per heavy atom. The highest BCUT2D eigenvalue weighted by Crippen LogP contribution is 2.37. The average molecular weight is 497 g/mol. The maximum absolute atomic E-state index is 13.1. The number of hydrogen-bond acceptors (Lipinski definition) is 3. The first-order valence-corrected chi connectivity index (χ1v) is 9.85. The molecule has 5 nitrogen and oxygen atoms in total. The third-order valence-corrected chi connectivity index (χ3v) is 4.62. The molecule has 3 N–H and O–H groups in total. The lowest BCUT2D eigenvalue weighted by Crippen LogP contribution is -2.44. The summed E-state index contributed by atoms with van der Waals surface area (Å²) in [4.78, 5) is 25.2. The van der Waals surface area contributed by atoms with Crippen molar-refractivity contribution in [1.29, 1.82) is 0 Å². The molecule has 0 bridgehead atoms. The Kier molecular flexibility index (Phi) is 7.89. The van der Waals surface area contributed by atoms with Crippen molar-refractivity contribution in [2.45, 2.75) is 38.7 Å². The van der Waals surface area contributed by atoms with Crippen molar-refractivity contribution in [2.24, 2.45) is 5.92 Å². The van der Waals surface area contributed by atoms with E-state index in [0.717, 1.165) is 12.1 Å². The average Bonchev–Trinajstić information content (AvgIpc) is 2.67. The number of benzene rings is 2. The molecule has 1 atom stereocenters. The second-order valence-electron chi connectivity index (χ2n) is 7.60. The van der Waals surface area contributed by atoms with Gasteiger partial charge in [-0.05, 0) is 48.7 Å². The van der Waals surface area contributed by atoms with Crippen LogP contribution in [0, 0.1) is 5.92 Å². The largest absolute Gasteiger partial charge is 0.507 e. The molecule has 0 spiro atoms. The van der Waals surface area contributed by atoms with E-state index in [0.29, 0.717) is 12.1 Å². The summed E-state index contributed by atoms with van der Waals surface area (Å²) >= 11 is 5.80. The Balaban J connectivity index is 2.35. The summed E-state index contributed by atoms with van der Waals surface area (Å²) in [5, 5.41) is 14.3. The van der Waals surface area contributed by atoms with Gasteiger partial charge in [0.05, 0.1) is 16.7 Å². The lowest BCUT2D eigenvalue weighted by Gasteiger charge is -2.21. The monoisotopic (exact) mass is 496 g/mol. The molecule has 0 saturated carbocycles. The number of anilines is 1. The van der Waals surface area contributed by atoms with Crippen LogP contribution in [-0.2, 0) is 17.1 Å². The molecule has 0 saturated heterocycles.